The van der Waals surface area contributed by atoms with Crippen molar-refractivity contribution in [3.8, 4) is 0 Å². The monoisotopic (exact) mass is 396 g/mol. The predicted octanol–water partition coefficient (Wildman–Crippen LogP) is 3.11. The van der Waals surface area contributed by atoms with Gasteiger partial charge in [0.15, 0.2) is 5.16 Å². The van der Waals surface area contributed by atoms with Gasteiger partial charge < -0.3 is 14.5 Å². The van der Waals surface area contributed by atoms with Crippen molar-refractivity contribution in [2.75, 3.05) is 0 Å². The molecule has 4 rings (SSSR count). The average Bonchev–Trinajstić information content (AvgIpc) is 3.10. The number of fused-ring (bicyclic) bond motifs is 1. The van der Waals surface area contributed by atoms with Gasteiger partial charge in [0.05, 0.1) is 11.1 Å². The van der Waals surface area contributed by atoms with Gasteiger partial charge in [-0.2, -0.15) is 0 Å². The highest BCUT2D eigenvalue weighted by Gasteiger charge is 2.25. The molecule has 0 aliphatic heterocycles. The van der Waals surface area contributed by atoms with Gasteiger partial charge in [-0.3, -0.25) is 9.59 Å². The summed E-state index contributed by atoms with van der Waals surface area (Å²) < 4.78 is 3.62. The number of nitrogens with one attached hydrogen (secondary N) is 1. The van der Waals surface area contributed by atoms with Crippen LogP contribution in [0, 0.1) is 0 Å². The summed E-state index contributed by atoms with van der Waals surface area (Å²) in [5.74, 6) is -0.158. The van der Waals surface area contributed by atoms with Crippen molar-refractivity contribution in [1.82, 2.24) is 19.4 Å². The molecule has 146 valence electrons. The highest BCUT2D eigenvalue weighted by atomic mass is 32.2. The van der Waals surface area contributed by atoms with E-state index in [1.807, 2.05) is 60.0 Å². The van der Waals surface area contributed by atoms with Crippen LogP contribution in [0.3, 0.4) is 0 Å². The van der Waals surface area contributed by atoms with Gasteiger partial charge in [-0.1, -0.05) is 30.0 Å². The lowest BCUT2D eigenvalue weighted by Crippen LogP contribution is -2.38. The molecule has 0 spiro atoms. The summed E-state index contributed by atoms with van der Waals surface area (Å²) >= 11 is 1.82. The van der Waals surface area contributed by atoms with E-state index in [0.717, 1.165) is 41.7 Å². The van der Waals surface area contributed by atoms with Crippen molar-refractivity contribution < 1.29 is 4.79 Å². The summed E-state index contributed by atoms with van der Waals surface area (Å²) in [6.07, 6.45) is 7.75. The third kappa shape index (κ3) is 3.71. The van der Waals surface area contributed by atoms with Gasteiger partial charge in [0.1, 0.15) is 0 Å². The van der Waals surface area contributed by atoms with Crippen molar-refractivity contribution in [2.45, 2.75) is 42.1 Å². The smallest absolute Gasteiger partial charge is 0.252 e. The Hall–Kier alpha value is -2.54. The number of carbonyl (C=O) groups excluding carboxylic acids is 1. The minimum Gasteiger partial charge on any atom is -0.349 e. The fraction of sp³-hybridized carbons (Fsp3) is 0.381. The lowest BCUT2D eigenvalue weighted by Gasteiger charge is -2.28. The van der Waals surface area contributed by atoms with Crippen molar-refractivity contribution in [2.24, 2.45) is 14.1 Å². The zero-order chi connectivity index (χ0) is 19.7. The number of thioether (sulfide) groups is 1. The molecular formula is C21H24N4O2S. The van der Waals surface area contributed by atoms with Gasteiger partial charge >= 0.3 is 0 Å². The number of pyridine rings is 1. The normalized spacial score (nSPS) is 19.6. The molecule has 6 nitrogen and oxygen atoms in total. The van der Waals surface area contributed by atoms with Crippen molar-refractivity contribution >= 4 is 28.6 Å². The fourth-order valence-corrected chi connectivity index (χ4v) is 4.96. The molecule has 28 heavy (non-hydrogen) atoms. The molecule has 2 heterocycles. The highest BCUT2D eigenvalue weighted by Crippen LogP contribution is 2.32. The standard InChI is InChI=1S/C21H24N4O2S/c1-24-12-11-22-21(24)28-15-9-7-14(8-10-15)23-20(27)17-13-19(26)25(2)18-6-4-3-5-16(17)18/h3-6,11-15H,7-10H2,1-2H3,(H,23,27). The average molecular weight is 397 g/mol. The Morgan fingerprint density at radius 2 is 1.93 bits per heavy atom. The number of nitrogens with zero attached hydrogens (tertiary/aromatic N) is 3. The van der Waals surface area contributed by atoms with Crippen LogP contribution in [0.15, 0.2) is 52.7 Å². The molecule has 0 saturated heterocycles. The maximum Gasteiger partial charge on any atom is 0.252 e. The predicted molar refractivity (Wildman–Crippen MR) is 112 cm³/mol. The zero-order valence-electron chi connectivity index (χ0n) is 16.1. The molecule has 1 N–H and O–H groups in total. The third-order valence-electron chi connectivity index (χ3n) is 5.46. The van der Waals surface area contributed by atoms with E-state index < -0.39 is 0 Å². The number of aromatic nitrogens is 3. The molecular weight excluding hydrogens is 372 g/mol. The molecule has 1 amide bonds. The second-order valence-corrected chi connectivity index (χ2v) is 8.63. The Kier molecular flexibility index (Phi) is 5.26. The van der Waals surface area contributed by atoms with Crippen molar-refractivity contribution in [1.29, 1.82) is 0 Å². The molecule has 1 fully saturated rings. The Labute approximate surface area is 168 Å². The molecule has 1 saturated carbocycles. The van der Waals surface area contributed by atoms with E-state index in [0.29, 0.717) is 10.8 Å². The Morgan fingerprint density at radius 1 is 1.18 bits per heavy atom. The molecule has 1 aromatic carbocycles. The number of hydrogen-bond donors (Lipinski definition) is 1. The van der Waals surface area contributed by atoms with Gasteiger partial charge in [0.2, 0.25) is 0 Å². The van der Waals surface area contributed by atoms with Crippen LogP contribution >= 0.6 is 11.8 Å². The van der Waals surface area contributed by atoms with Crippen molar-refractivity contribution in [3.05, 3.63) is 58.6 Å². The van der Waals surface area contributed by atoms with Crippen LogP contribution in [-0.4, -0.2) is 31.3 Å². The number of benzene rings is 1. The lowest BCUT2D eigenvalue weighted by atomic mass is 9.94. The fourth-order valence-electron chi connectivity index (χ4n) is 3.80. The zero-order valence-corrected chi connectivity index (χ0v) is 16.9. The summed E-state index contributed by atoms with van der Waals surface area (Å²) in [5, 5.41) is 5.52. The Balaban J connectivity index is 1.43. The van der Waals surface area contributed by atoms with Gasteiger partial charge in [0, 0.05) is 49.2 Å². The molecule has 7 heteroatoms. The molecule has 0 radical (unpaired) electrons. The minimum atomic E-state index is -0.168. The van der Waals surface area contributed by atoms with Crippen LogP contribution in [0.25, 0.3) is 10.9 Å². The number of aryl methyl sites for hydroxylation is 2. The van der Waals surface area contributed by atoms with Gasteiger partial charge in [-0.25, -0.2) is 4.98 Å². The molecule has 0 atom stereocenters. The lowest BCUT2D eigenvalue weighted by molar-refractivity contribution is 0.0929. The van der Waals surface area contributed by atoms with Crippen LogP contribution in [-0.2, 0) is 14.1 Å². The largest absolute Gasteiger partial charge is 0.349 e. The summed E-state index contributed by atoms with van der Waals surface area (Å²) in [4.78, 5) is 29.5. The molecule has 0 bridgehead atoms. The van der Waals surface area contributed by atoms with E-state index in [9.17, 15) is 9.59 Å². The second-order valence-electron chi connectivity index (χ2n) is 7.36. The number of amides is 1. The summed E-state index contributed by atoms with van der Waals surface area (Å²) in [6.45, 7) is 0. The molecule has 1 aliphatic rings. The SMILES string of the molecule is Cn1ccnc1SC1CCC(NC(=O)c2cc(=O)n(C)c3ccccc23)CC1. The third-order valence-corrected chi connectivity index (χ3v) is 6.87. The van der Waals surface area contributed by atoms with E-state index in [1.165, 1.54) is 6.07 Å². The van der Waals surface area contributed by atoms with E-state index in [-0.39, 0.29) is 17.5 Å². The number of carbonyl (C=O) groups is 1. The summed E-state index contributed by atoms with van der Waals surface area (Å²) in [7, 11) is 3.74. The number of hydrogen-bond acceptors (Lipinski definition) is 4. The van der Waals surface area contributed by atoms with Crippen LogP contribution < -0.4 is 10.9 Å². The minimum absolute atomic E-state index is 0.147. The second kappa shape index (κ2) is 7.83. The first-order valence-electron chi connectivity index (χ1n) is 9.56. The van der Waals surface area contributed by atoms with Crippen LogP contribution in [0.4, 0.5) is 0 Å². The van der Waals surface area contributed by atoms with Gasteiger partial charge in [-0.05, 0) is 31.7 Å². The number of rotatable bonds is 4. The Bertz CT molecular complexity index is 1060. The van der Waals surface area contributed by atoms with E-state index in [1.54, 1.807) is 11.6 Å². The van der Waals surface area contributed by atoms with Crippen molar-refractivity contribution in [3.63, 3.8) is 0 Å². The first kappa shape index (κ1) is 18.8. The molecule has 0 unspecified atom stereocenters. The quantitative estimate of drug-likeness (QED) is 0.736. The van der Waals surface area contributed by atoms with Crippen LogP contribution in [0.2, 0.25) is 0 Å². The first-order valence-corrected chi connectivity index (χ1v) is 10.4. The Morgan fingerprint density at radius 3 is 2.64 bits per heavy atom. The van der Waals surface area contributed by atoms with E-state index in [4.69, 9.17) is 0 Å². The summed E-state index contributed by atoms with van der Waals surface area (Å²) in [5.41, 5.74) is 1.07. The first-order chi connectivity index (χ1) is 13.5. The highest BCUT2D eigenvalue weighted by molar-refractivity contribution is 7.99. The maximum atomic E-state index is 12.9. The molecule has 2 aromatic heterocycles. The molecule has 3 aromatic rings. The molecule has 1 aliphatic carbocycles. The topological polar surface area (TPSA) is 68.9 Å². The summed E-state index contributed by atoms with van der Waals surface area (Å²) in [6, 6.07) is 9.12. The number of imidazole rings is 1. The van der Waals surface area contributed by atoms with E-state index >= 15 is 0 Å². The van der Waals surface area contributed by atoms with Crippen LogP contribution in [0.5, 0.6) is 0 Å². The maximum absolute atomic E-state index is 12.9. The van der Waals surface area contributed by atoms with Gasteiger partial charge in [-0.15, -0.1) is 0 Å². The van der Waals surface area contributed by atoms with E-state index in [2.05, 4.69) is 10.3 Å². The van der Waals surface area contributed by atoms with Crippen LogP contribution in [0.1, 0.15) is 36.0 Å². The van der Waals surface area contributed by atoms with Gasteiger partial charge in [0.25, 0.3) is 11.5 Å². The number of para-hydroxylation sites is 1.